The molecule has 2 aromatic carbocycles. The number of carbonyl (C=O) groups excluding carboxylic acids is 1. The quantitative estimate of drug-likeness (QED) is 0.836. The van der Waals surface area contributed by atoms with Crippen molar-refractivity contribution in [1.29, 1.82) is 0 Å². The second kappa shape index (κ2) is 5.91. The predicted octanol–water partition coefficient (Wildman–Crippen LogP) is 3.94. The maximum Gasteiger partial charge on any atom is 0.141 e. The largest absolute Gasteiger partial charge is 0.299 e. The smallest absolute Gasteiger partial charge is 0.141 e. The summed E-state index contributed by atoms with van der Waals surface area (Å²) in [6.07, 6.45) is 0.650. The molecule has 0 fully saturated rings. The predicted molar refractivity (Wildman–Crippen MR) is 73.0 cm³/mol. The Bertz CT molecular complexity index is 549. The van der Waals surface area contributed by atoms with E-state index in [-0.39, 0.29) is 18.0 Å². The molecule has 0 spiro atoms. The molecule has 0 aromatic heterocycles. The van der Waals surface area contributed by atoms with Crippen LogP contribution in [0.2, 0.25) is 0 Å². The average molecular weight is 307 g/mol. The number of hydrogen-bond acceptors (Lipinski definition) is 1. The summed E-state index contributed by atoms with van der Waals surface area (Å²) in [7, 11) is 0. The van der Waals surface area contributed by atoms with Gasteiger partial charge in [0.05, 0.1) is 0 Å². The monoisotopic (exact) mass is 306 g/mol. The van der Waals surface area contributed by atoms with Gasteiger partial charge >= 0.3 is 0 Å². The van der Waals surface area contributed by atoms with Crippen molar-refractivity contribution in [3.63, 3.8) is 0 Å². The van der Waals surface area contributed by atoms with Crippen molar-refractivity contribution in [2.75, 3.05) is 0 Å². The summed E-state index contributed by atoms with van der Waals surface area (Å²) in [4.78, 5) is 11.8. The van der Waals surface area contributed by atoms with Crippen LogP contribution in [0.15, 0.2) is 53.0 Å². The van der Waals surface area contributed by atoms with Crippen LogP contribution >= 0.6 is 15.9 Å². The van der Waals surface area contributed by atoms with Crippen LogP contribution in [-0.2, 0) is 17.6 Å². The van der Waals surface area contributed by atoms with Crippen molar-refractivity contribution in [3.8, 4) is 0 Å². The lowest BCUT2D eigenvalue weighted by atomic mass is 10.0. The second-order valence-electron chi connectivity index (χ2n) is 4.15. The van der Waals surface area contributed by atoms with E-state index in [4.69, 9.17) is 0 Å². The van der Waals surface area contributed by atoms with Gasteiger partial charge in [-0.3, -0.25) is 4.79 Å². The maximum atomic E-state index is 13.0. The van der Waals surface area contributed by atoms with Crippen LogP contribution in [-0.4, -0.2) is 5.78 Å². The first-order valence-electron chi connectivity index (χ1n) is 5.64. The first-order chi connectivity index (χ1) is 8.63. The lowest BCUT2D eigenvalue weighted by molar-refractivity contribution is -0.117. The highest BCUT2D eigenvalue weighted by Crippen LogP contribution is 2.12. The van der Waals surface area contributed by atoms with Crippen LogP contribution < -0.4 is 0 Å². The molecule has 0 aliphatic heterocycles. The van der Waals surface area contributed by atoms with Gasteiger partial charge in [0.25, 0.3) is 0 Å². The highest BCUT2D eigenvalue weighted by molar-refractivity contribution is 9.10. The summed E-state index contributed by atoms with van der Waals surface area (Å²) in [5.41, 5.74) is 1.69. The molecule has 92 valence electrons. The van der Waals surface area contributed by atoms with E-state index < -0.39 is 0 Å². The van der Waals surface area contributed by atoms with Gasteiger partial charge in [-0.1, -0.05) is 40.2 Å². The number of Topliss-reactive ketones (excluding diaryl/α,β-unsaturated/α-hetero) is 1. The van der Waals surface area contributed by atoms with Gasteiger partial charge < -0.3 is 0 Å². The van der Waals surface area contributed by atoms with Gasteiger partial charge in [0.2, 0.25) is 0 Å². The van der Waals surface area contributed by atoms with Gasteiger partial charge in [0.1, 0.15) is 11.6 Å². The Labute approximate surface area is 114 Å². The normalized spacial score (nSPS) is 10.3. The average Bonchev–Trinajstić information content (AvgIpc) is 2.32. The molecule has 0 amide bonds. The topological polar surface area (TPSA) is 17.1 Å². The number of ketones is 1. The van der Waals surface area contributed by atoms with Crippen LogP contribution in [0, 0.1) is 5.82 Å². The zero-order valence-corrected chi connectivity index (χ0v) is 11.3. The molecule has 2 aromatic rings. The molecule has 1 nitrogen and oxygen atoms in total. The van der Waals surface area contributed by atoms with Crippen molar-refractivity contribution in [2.24, 2.45) is 0 Å². The zero-order chi connectivity index (χ0) is 13.0. The summed E-state index contributed by atoms with van der Waals surface area (Å²) in [5, 5.41) is 0. The molecular formula is C15H12BrFO. The third-order valence-electron chi connectivity index (χ3n) is 2.60. The number of rotatable bonds is 4. The van der Waals surface area contributed by atoms with Crippen LogP contribution in [0.25, 0.3) is 0 Å². The number of benzene rings is 2. The molecule has 0 aliphatic carbocycles. The Kier molecular flexibility index (Phi) is 4.26. The highest BCUT2D eigenvalue weighted by Gasteiger charge is 2.06. The standard InChI is InChI=1S/C15H12BrFO/c16-13-6-4-11(5-7-13)9-15(18)10-12-2-1-3-14(17)8-12/h1-8H,9-10H2. The first-order valence-corrected chi connectivity index (χ1v) is 6.43. The minimum atomic E-state index is -0.302. The zero-order valence-electron chi connectivity index (χ0n) is 9.70. The Morgan fingerprint density at radius 2 is 1.67 bits per heavy atom. The fourth-order valence-corrected chi connectivity index (χ4v) is 2.03. The Morgan fingerprint density at radius 3 is 2.33 bits per heavy atom. The van der Waals surface area contributed by atoms with E-state index >= 15 is 0 Å². The van der Waals surface area contributed by atoms with E-state index in [9.17, 15) is 9.18 Å². The number of carbonyl (C=O) groups is 1. The molecule has 3 heteroatoms. The van der Waals surface area contributed by atoms with Crippen molar-refractivity contribution >= 4 is 21.7 Å². The summed E-state index contributed by atoms with van der Waals surface area (Å²) in [6, 6.07) is 13.8. The van der Waals surface area contributed by atoms with Gasteiger partial charge in [-0.2, -0.15) is 0 Å². The minimum absolute atomic E-state index is 0.0860. The fourth-order valence-electron chi connectivity index (χ4n) is 1.77. The Hall–Kier alpha value is -1.48. The van der Waals surface area contributed by atoms with Crippen molar-refractivity contribution in [3.05, 3.63) is 69.9 Å². The van der Waals surface area contributed by atoms with Crippen LogP contribution in [0.4, 0.5) is 4.39 Å². The van der Waals surface area contributed by atoms with Gasteiger partial charge in [-0.15, -0.1) is 0 Å². The summed E-state index contributed by atoms with van der Waals surface area (Å²) in [6.45, 7) is 0. The van der Waals surface area contributed by atoms with Gasteiger partial charge in [0, 0.05) is 17.3 Å². The number of halogens is 2. The van der Waals surface area contributed by atoms with E-state index in [0.29, 0.717) is 6.42 Å². The van der Waals surface area contributed by atoms with Gasteiger partial charge in [-0.05, 0) is 35.4 Å². The molecule has 0 saturated carbocycles. The fraction of sp³-hybridized carbons (Fsp3) is 0.133. The molecule has 0 saturated heterocycles. The highest BCUT2D eigenvalue weighted by atomic mass is 79.9. The molecule has 2 rings (SSSR count). The molecular weight excluding hydrogens is 295 g/mol. The van der Waals surface area contributed by atoms with Gasteiger partial charge in [0.15, 0.2) is 0 Å². The van der Waals surface area contributed by atoms with E-state index in [1.165, 1.54) is 12.1 Å². The van der Waals surface area contributed by atoms with E-state index in [1.807, 2.05) is 24.3 Å². The third kappa shape index (κ3) is 3.77. The van der Waals surface area contributed by atoms with Crippen molar-refractivity contribution < 1.29 is 9.18 Å². The molecule has 0 unspecified atom stereocenters. The molecule has 18 heavy (non-hydrogen) atoms. The molecule has 0 aliphatic rings. The second-order valence-corrected chi connectivity index (χ2v) is 5.06. The van der Waals surface area contributed by atoms with E-state index in [0.717, 1.165) is 15.6 Å². The number of hydrogen-bond donors (Lipinski definition) is 0. The molecule has 0 heterocycles. The summed E-state index contributed by atoms with van der Waals surface area (Å²) >= 11 is 3.35. The van der Waals surface area contributed by atoms with Crippen molar-refractivity contribution in [1.82, 2.24) is 0 Å². The first kappa shape index (κ1) is 13.0. The Morgan fingerprint density at radius 1 is 1.00 bits per heavy atom. The van der Waals surface area contributed by atoms with Crippen molar-refractivity contribution in [2.45, 2.75) is 12.8 Å². The molecule has 0 N–H and O–H groups in total. The molecule has 0 atom stereocenters. The Balaban J connectivity index is 1.98. The molecule has 0 bridgehead atoms. The lowest BCUT2D eigenvalue weighted by Crippen LogP contribution is -2.06. The lowest BCUT2D eigenvalue weighted by Gasteiger charge is -2.02. The minimum Gasteiger partial charge on any atom is -0.299 e. The van der Waals surface area contributed by atoms with E-state index in [2.05, 4.69) is 15.9 Å². The summed E-state index contributed by atoms with van der Waals surface area (Å²) in [5.74, 6) is -0.216. The maximum absolute atomic E-state index is 13.0. The SMILES string of the molecule is O=C(Cc1ccc(Br)cc1)Cc1cccc(F)c1. The van der Waals surface area contributed by atoms with Crippen LogP contribution in [0.5, 0.6) is 0 Å². The third-order valence-corrected chi connectivity index (χ3v) is 3.13. The van der Waals surface area contributed by atoms with Gasteiger partial charge in [-0.25, -0.2) is 4.39 Å². The molecule has 0 radical (unpaired) electrons. The van der Waals surface area contributed by atoms with E-state index in [1.54, 1.807) is 12.1 Å². The summed E-state index contributed by atoms with van der Waals surface area (Å²) < 4.78 is 14.0. The van der Waals surface area contributed by atoms with Crippen LogP contribution in [0.3, 0.4) is 0 Å². The van der Waals surface area contributed by atoms with Crippen LogP contribution in [0.1, 0.15) is 11.1 Å².